The Morgan fingerprint density at radius 2 is 1.23 bits per heavy atom. The smallest absolute Gasteiger partial charge is 0.160 e. The zero-order valence-electron chi connectivity index (χ0n) is 29.7. The lowest BCUT2D eigenvalue weighted by Crippen LogP contribution is -2.09. The maximum absolute atomic E-state index is 5.21. The Labute approximate surface area is 307 Å². The van der Waals surface area contributed by atoms with Gasteiger partial charge < -0.3 is 5.32 Å². The Morgan fingerprint density at radius 1 is 0.558 bits per heavy atom. The van der Waals surface area contributed by atoms with Crippen LogP contribution in [0.1, 0.15) is 60.1 Å². The van der Waals surface area contributed by atoms with Crippen molar-refractivity contribution >= 4 is 22.8 Å². The average molecular weight is 672 g/mol. The third-order valence-electron chi connectivity index (χ3n) is 9.83. The van der Waals surface area contributed by atoms with Gasteiger partial charge in [-0.2, -0.15) is 0 Å². The number of allylic oxidation sites excluding steroid dienone is 7. The van der Waals surface area contributed by atoms with Crippen molar-refractivity contribution in [2.24, 2.45) is 0 Å². The summed E-state index contributed by atoms with van der Waals surface area (Å²) in [6.45, 7) is 4.00. The molecule has 0 atom stereocenters. The minimum Gasteiger partial charge on any atom is -0.361 e. The van der Waals surface area contributed by atoms with E-state index in [0.29, 0.717) is 0 Å². The summed E-state index contributed by atoms with van der Waals surface area (Å²) in [6, 6.07) is 47.2. The highest BCUT2D eigenvalue weighted by Crippen LogP contribution is 2.43. The summed E-state index contributed by atoms with van der Waals surface area (Å²) < 4.78 is 0. The normalized spacial score (nSPS) is 16.9. The van der Waals surface area contributed by atoms with Gasteiger partial charge >= 0.3 is 0 Å². The summed E-state index contributed by atoms with van der Waals surface area (Å²) in [5.41, 5.74) is 17.4. The van der Waals surface area contributed by atoms with E-state index in [1.807, 2.05) is 32.0 Å². The molecule has 0 bridgehead atoms. The molecule has 5 aromatic carbocycles. The molecule has 1 aliphatic heterocycles. The van der Waals surface area contributed by atoms with E-state index >= 15 is 0 Å². The number of benzene rings is 5. The molecule has 9 rings (SSSR count). The molecule has 252 valence electrons. The van der Waals surface area contributed by atoms with Crippen molar-refractivity contribution in [2.75, 3.05) is 0 Å². The molecule has 0 saturated carbocycles. The Hall–Kier alpha value is -6.32. The van der Waals surface area contributed by atoms with E-state index in [1.165, 1.54) is 44.5 Å². The zero-order valence-corrected chi connectivity index (χ0v) is 29.7. The maximum atomic E-state index is 5.21. The van der Waals surface area contributed by atoms with Crippen molar-refractivity contribution < 1.29 is 0 Å². The van der Waals surface area contributed by atoms with Gasteiger partial charge in [0.05, 0.1) is 11.4 Å². The van der Waals surface area contributed by atoms with Crippen LogP contribution in [0.15, 0.2) is 170 Å². The fraction of sp³-hybridized carbons (Fsp3) is 0.102. The zero-order chi connectivity index (χ0) is 35.3. The second-order valence-corrected chi connectivity index (χ2v) is 13.0. The predicted octanol–water partition coefficient (Wildman–Crippen LogP) is 12.2. The fourth-order valence-electron chi connectivity index (χ4n) is 7.37. The molecule has 3 aliphatic rings. The van der Waals surface area contributed by atoms with Gasteiger partial charge in [0, 0.05) is 40.6 Å². The summed E-state index contributed by atoms with van der Waals surface area (Å²) in [6.07, 6.45) is 16.3. The third-order valence-corrected chi connectivity index (χ3v) is 9.83. The van der Waals surface area contributed by atoms with E-state index in [-0.39, 0.29) is 0 Å². The van der Waals surface area contributed by atoms with Crippen LogP contribution in [0.25, 0.3) is 56.7 Å². The number of nitrogens with one attached hydrogen (secondary N) is 1. The maximum Gasteiger partial charge on any atom is 0.160 e. The molecule has 52 heavy (non-hydrogen) atoms. The van der Waals surface area contributed by atoms with Crippen LogP contribution in [0.3, 0.4) is 0 Å². The lowest BCUT2D eigenvalue weighted by Gasteiger charge is -2.18. The minimum atomic E-state index is 0.755. The van der Waals surface area contributed by atoms with Crippen LogP contribution in [-0.2, 0) is 6.42 Å². The largest absolute Gasteiger partial charge is 0.361 e. The Morgan fingerprint density at radius 3 is 2.00 bits per heavy atom. The molecule has 3 nitrogen and oxygen atoms in total. The van der Waals surface area contributed by atoms with Crippen LogP contribution in [-0.4, -0.2) is 9.97 Å². The van der Waals surface area contributed by atoms with E-state index in [1.54, 1.807) is 0 Å². The van der Waals surface area contributed by atoms with Crippen molar-refractivity contribution in [1.82, 2.24) is 15.3 Å². The summed E-state index contributed by atoms with van der Waals surface area (Å²) >= 11 is 0. The van der Waals surface area contributed by atoms with Gasteiger partial charge in [0.15, 0.2) is 5.82 Å². The average Bonchev–Trinajstić information content (AvgIpc) is 3.58. The molecular weight excluding hydrogens is 631 g/mol. The van der Waals surface area contributed by atoms with Gasteiger partial charge in [0.2, 0.25) is 0 Å². The summed E-state index contributed by atoms with van der Waals surface area (Å²) in [4.78, 5) is 10.4. The van der Waals surface area contributed by atoms with Gasteiger partial charge in [-0.3, -0.25) is 0 Å². The molecular formula is C49H41N3. The molecule has 0 unspecified atom stereocenters. The van der Waals surface area contributed by atoms with Crippen LogP contribution < -0.4 is 5.32 Å². The number of aromatic nitrogens is 2. The van der Waals surface area contributed by atoms with Crippen LogP contribution in [0, 0.1) is 0 Å². The van der Waals surface area contributed by atoms with Crippen LogP contribution in [0.5, 0.6) is 0 Å². The van der Waals surface area contributed by atoms with Gasteiger partial charge in [-0.05, 0) is 81.7 Å². The number of hydrogen-bond donors (Lipinski definition) is 1. The molecule has 3 heteroatoms. The minimum absolute atomic E-state index is 0.755. The monoisotopic (exact) mass is 671 g/mol. The number of rotatable bonds is 4. The molecule has 1 N–H and O–H groups in total. The van der Waals surface area contributed by atoms with Gasteiger partial charge in [-0.15, -0.1) is 0 Å². The number of nitrogens with zero attached hydrogens (tertiary/aromatic N) is 2. The van der Waals surface area contributed by atoms with Crippen molar-refractivity contribution in [3.8, 4) is 33.9 Å². The highest BCUT2D eigenvalue weighted by atomic mass is 14.9. The van der Waals surface area contributed by atoms with Crippen LogP contribution in [0.4, 0.5) is 0 Å². The molecule has 2 heterocycles. The van der Waals surface area contributed by atoms with E-state index < -0.39 is 0 Å². The lowest BCUT2D eigenvalue weighted by atomic mass is 9.89. The highest BCUT2D eigenvalue weighted by molar-refractivity contribution is 5.97. The topological polar surface area (TPSA) is 37.8 Å². The van der Waals surface area contributed by atoms with Gasteiger partial charge in [0.1, 0.15) is 0 Å². The van der Waals surface area contributed by atoms with Crippen LogP contribution >= 0.6 is 0 Å². The molecule has 0 fully saturated rings. The second kappa shape index (κ2) is 14.9. The van der Waals surface area contributed by atoms with Crippen molar-refractivity contribution in [1.29, 1.82) is 0 Å². The molecule has 2 aliphatic carbocycles. The molecule has 1 aromatic heterocycles. The quantitative estimate of drug-likeness (QED) is 0.202. The Balaban J connectivity index is 0.00000190. The Bertz CT molecular complexity index is 2390. The summed E-state index contributed by atoms with van der Waals surface area (Å²) in [5, 5.41) is 3.63. The van der Waals surface area contributed by atoms with Crippen molar-refractivity contribution in [3.63, 3.8) is 0 Å². The standard InChI is InChI=1S/C47H35N3.C2H6/c1-4-14-32(15-5-1)36-26-27-48-44-23-13-12-22-42(44)40-21-11-10-20-37(40)30-38(28-36)35-24-25-41-39(29-35)31-43-45(33-16-6-2-7-17-33)49-47(50-46(41)43)34-18-8-3-9-19-34;1-2/h1-11,13-21,23-30,48H,12,22,31H2;1-2H3/b27-26+,36-28+,38-30+;. The Kier molecular flexibility index (Phi) is 9.41. The van der Waals surface area contributed by atoms with Gasteiger partial charge in [-0.25, -0.2) is 9.97 Å². The molecule has 0 radical (unpaired) electrons. The van der Waals surface area contributed by atoms with E-state index in [2.05, 4.69) is 157 Å². The SMILES string of the molecule is C1=CC2=C(CC1)c1ccccc1\C=C(c1ccc3c(c1)Cc1c(-c4ccccc4)nc(-c4ccccc4)nc1-3)/C=C(c1ccccc1)\C=C\N2.CC. The van der Waals surface area contributed by atoms with E-state index in [0.717, 1.165) is 64.4 Å². The predicted molar refractivity (Wildman–Crippen MR) is 219 cm³/mol. The first-order valence-corrected chi connectivity index (χ1v) is 18.3. The van der Waals surface area contributed by atoms with Crippen molar-refractivity contribution in [2.45, 2.75) is 33.1 Å². The first-order chi connectivity index (χ1) is 25.8. The first kappa shape index (κ1) is 32.9. The molecule has 0 saturated heterocycles. The van der Waals surface area contributed by atoms with Gasteiger partial charge in [0.25, 0.3) is 0 Å². The summed E-state index contributed by atoms with van der Waals surface area (Å²) in [5.74, 6) is 0.755. The fourth-order valence-corrected chi connectivity index (χ4v) is 7.37. The van der Waals surface area contributed by atoms with E-state index in [4.69, 9.17) is 9.97 Å². The highest BCUT2D eigenvalue weighted by Gasteiger charge is 2.27. The molecule has 0 amide bonds. The van der Waals surface area contributed by atoms with Gasteiger partial charge in [-0.1, -0.05) is 153 Å². The second-order valence-electron chi connectivity index (χ2n) is 13.0. The molecule has 0 spiro atoms. The van der Waals surface area contributed by atoms with Crippen molar-refractivity contribution in [3.05, 3.63) is 203 Å². The third kappa shape index (κ3) is 6.50. The summed E-state index contributed by atoms with van der Waals surface area (Å²) in [7, 11) is 0. The number of fused-ring (bicyclic) bond motifs is 5. The number of hydrogen-bond acceptors (Lipinski definition) is 3. The molecule has 6 aromatic rings. The van der Waals surface area contributed by atoms with Crippen LogP contribution in [0.2, 0.25) is 0 Å². The first-order valence-electron chi connectivity index (χ1n) is 18.3. The van der Waals surface area contributed by atoms with E-state index in [9.17, 15) is 0 Å². The lowest BCUT2D eigenvalue weighted by molar-refractivity contribution is 0.988.